The Labute approximate surface area is 116 Å². The first kappa shape index (κ1) is 12.3. The molecule has 19 heavy (non-hydrogen) atoms. The molecular formula is C14H14ClN3O. The number of aromatic nitrogens is 1. The minimum absolute atomic E-state index is 0.0683. The first-order chi connectivity index (χ1) is 9.16. The fraction of sp³-hybridized carbons (Fsp3) is 0.214. The van der Waals surface area contributed by atoms with Gasteiger partial charge in [-0.3, -0.25) is 0 Å². The average Bonchev–Trinajstić information content (AvgIpc) is 2.84. The third-order valence-corrected chi connectivity index (χ3v) is 3.65. The molecule has 1 aliphatic rings. The van der Waals surface area contributed by atoms with Crippen LogP contribution in [0, 0.1) is 0 Å². The zero-order valence-electron chi connectivity index (χ0n) is 10.2. The fourth-order valence-electron chi connectivity index (χ4n) is 2.43. The Morgan fingerprint density at radius 1 is 1.37 bits per heavy atom. The molecule has 0 saturated heterocycles. The van der Waals surface area contributed by atoms with Gasteiger partial charge < -0.3 is 16.2 Å². The van der Waals surface area contributed by atoms with Crippen LogP contribution < -0.4 is 16.2 Å². The van der Waals surface area contributed by atoms with E-state index in [2.05, 4.69) is 4.98 Å². The van der Waals surface area contributed by atoms with Crippen molar-refractivity contribution in [3.05, 3.63) is 52.7 Å². The molecule has 2 heterocycles. The molecule has 0 fully saturated rings. The number of ether oxygens (including phenoxy) is 1. The number of rotatable bonds is 2. The number of nitrogens with two attached hydrogens (primary N) is 2. The third kappa shape index (κ3) is 2.13. The maximum atomic E-state index is 6.33. The number of nitrogen functional groups attached to an aromatic ring is 1. The second-order valence-corrected chi connectivity index (χ2v) is 5.05. The van der Waals surface area contributed by atoms with Crippen LogP contribution in [-0.4, -0.2) is 11.6 Å². The van der Waals surface area contributed by atoms with Gasteiger partial charge in [0, 0.05) is 29.3 Å². The predicted octanol–water partition coefficient (Wildman–Crippen LogP) is 2.49. The number of halogens is 1. The molecule has 0 bridgehead atoms. The maximum Gasteiger partial charge on any atom is 0.128 e. The Balaban J connectivity index is 1.97. The SMILES string of the molecule is Nc1ncc(Cl)cc1C(N)C1COc2ccccc21. The summed E-state index contributed by atoms with van der Waals surface area (Å²) < 4.78 is 5.65. The fourth-order valence-corrected chi connectivity index (χ4v) is 2.60. The van der Waals surface area contributed by atoms with Crippen LogP contribution in [0.2, 0.25) is 5.02 Å². The van der Waals surface area contributed by atoms with Crippen molar-refractivity contribution >= 4 is 17.4 Å². The van der Waals surface area contributed by atoms with E-state index in [0.29, 0.717) is 17.4 Å². The van der Waals surface area contributed by atoms with E-state index >= 15 is 0 Å². The van der Waals surface area contributed by atoms with Gasteiger partial charge in [-0.15, -0.1) is 0 Å². The summed E-state index contributed by atoms with van der Waals surface area (Å²) >= 11 is 5.96. The van der Waals surface area contributed by atoms with Gasteiger partial charge >= 0.3 is 0 Å². The zero-order chi connectivity index (χ0) is 13.4. The summed E-state index contributed by atoms with van der Waals surface area (Å²) in [6.45, 7) is 0.548. The standard InChI is InChI=1S/C14H14ClN3O/c15-8-5-10(14(17)18-6-8)13(16)11-7-19-12-4-2-1-3-9(11)12/h1-6,11,13H,7,16H2,(H2,17,18). The van der Waals surface area contributed by atoms with Gasteiger partial charge in [-0.1, -0.05) is 29.8 Å². The van der Waals surface area contributed by atoms with E-state index in [-0.39, 0.29) is 12.0 Å². The van der Waals surface area contributed by atoms with E-state index in [1.807, 2.05) is 24.3 Å². The molecule has 4 N–H and O–H groups in total. The summed E-state index contributed by atoms with van der Waals surface area (Å²) in [5.74, 6) is 1.37. The Morgan fingerprint density at radius 3 is 3.00 bits per heavy atom. The highest BCUT2D eigenvalue weighted by molar-refractivity contribution is 6.30. The van der Waals surface area contributed by atoms with Crippen LogP contribution in [0.5, 0.6) is 5.75 Å². The van der Waals surface area contributed by atoms with Gasteiger partial charge in [-0.05, 0) is 12.1 Å². The van der Waals surface area contributed by atoms with E-state index in [4.69, 9.17) is 27.8 Å². The molecular weight excluding hydrogens is 262 g/mol. The molecule has 0 spiro atoms. The minimum Gasteiger partial charge on any atom is -0.493 e. The monoisotopic (exact) mass is 275 g/mol. The van der Waals surface area contributed by atoms with Crippen molar-refractivity contribution in [1.29, 1.82) is 0 Å². The lowest BCUT2D eigenvalue weighted by molar-refractivity contribution is 0.315. The molecule has 0 radical (unpaired) electrons. The molecule has 0 saturated carbocycles. The average molecular weight is 276 g/mol. The Hall–Kier alpha value is -1.78. The quantitative estimate of drug-likeness (QED) is 0.883. The van der Waals surface area contributed by atoms with Gasteiger partial charge in [-0.2, -0.15) is 0 Å². The summed E-state index contributed by atoms with van der Waals surface area (Å²) in [5, 5.41) is 0.534. The molecule has 1 aromatic carbocycles. The first-order valence-electron chi connectivity index (χ1n) is 6.05. The maximum absolute atomic E-state index is 6.33. The second kappa shape index (κ2) is 4.72. The molecule has 2 unspecified atom stereocenters. The number of benzene rings is 1. The third-order valence-electron chi connectivity index (χ3n) is 3.45. The number of anilines is 1. The molecule has 0 aliphatic carbocycles. The molecule has 2 atom stereocenters. The van der Waals surface area contributed by atoms with Crippen LogP contribution in [0.15, 0.2) is 36.5 Å². The number of hydrogen-bond donors (Lipinski definition) is 2. The molecule has 0 amide bonds. The summed E-state index contributed by atoms with van der Waals surface area (Å²) in [4.78, 5) is 4.05. The smallest absolute Gasteiger partial charge is 0.128 e. The van der Waals surface area contributed by atoms with Gasteiger partial charge in [0.2, 0.25) is 0 Å². The van der Waals surface area contributed by atoms with Crippen LogP contribution in [0.25, 0.3) is 0 Å². The molecule has 2 aromatic rings. The molecule has 3 rings (SSSR count). The topological polar surface area (TPSA) is 74.2 Å². The highest BCUT2D eigenvalue weighted by Gasteiger charge is 2.31. The second-order valence-electron chi connectivity index (χ2n) is 4.61. The highest BCUT2D eigenvalue weighted by atomic mass is 35.5. The van der Waals surface area contributed by atoms with Crippen LogP contribution in [0.1, 0.15) is 23.1 Å². The molecule has 4 nitrogen and oxygen atoms in total. The van der Waals surface area contributed by atoms with E-state index in [9.17, 15) is 0 Å². The van der Waals surface area contributed by atoms with Gasteiger partial charge in [0.25, 0.3) is 0 Å². The van der Waals surface area contributed by atoms with Gasteiger partial charge in [0.05, 0.1) is 11.6 Å². The molecule has 1 aliphatic heterocycles. The number of nitrogens with zero attached hydrogens (tertiary/aromatic N) is 1. The lowest BCUT2D eigenvalue weighted by Crippen LogP contribution is -2.22. The number of hydrogen-bond acceptors (Lipinski definition) is 4. The van der Waals surface area contributed by atoms with Gasteiger partial charge in [-0.25, -0.2) is 4.98 Å². The van der Waals surface area contributed by atoms with Crippen molar-refractivity contribution in [2.45, 2.75) is 12.0 Å². The van der Waals surface area contributed by atoms with Crippen molar-refractivity contribution in [3.8, 4) is 5.75 Å². The lowest BCUT2D eigenvalue weighted by atomic mass is 9.89. The van der Waals surface area contributed by atoms with Gasteiger partial charge in [0.15, 0.2) is 0 Å². The van der Waals surface area contributed by atoms with Gasteiger partial charge in [0.1, 0.15) is 11.6 Å². The van der Waals surface area contributed by atoms with Crippen molar-refractivity contribution in [1.82, 2.24) is 4.98 Å². The number of fused-ring (bicyclic) bond motifs is 1. The van der Waals surface area contributed by atoms with E-state index < -0.39 is 0 Å². The van der Waals surface area contributed by atoms with Crippen molar-refractivity contribution < 1.29 is 4.74 Å². The van der Waals surface area contributed by atoms with Crippen LogP contribution >= 0.6 is 11.6 Å². The summed E-state index contributed by atoms with van der Waals surface area (Å²) in [5.41, 5.74) is 14.1. The van der Waals surface area contributed by atoms with Crippen LogP contribution in [0.4, 0.5) is 5.82 Å². The molecule has 5 heteroatoms. The van der Waals surface area contributed by atoms with Crippen molar-refractivity contribution in [2.24, 2.45) is 5.73 Å². The summed E-state index contributed by atoms with van der Waals surface area (Å²) in [6.07, 6.45) is 1.52. The van der Waals surface area contributed by atoms with Crippen LogP contribution in [0.3, 0.4) is 0 Å². The minimum atomic E-state index is -0.283. The zero-order valence-corrected chi connectivity index (χ0v) is 11.0. The van der Waals surface area contributed by atoms with Crippen molar-refractivity contribution in [3.63, 3.8) is 0 Å². The van der Waals surface area contributed by atoms with E-state index in [1.54, 1.807) is 6.07 Å². The molecule has 98 valence electrons. The number of para-hydroxylation sites is 1. The Bertz CT molecular complexity index is 617. The summed E-state index contributed by atoms with van der Waals surface area (Å²) in [7, 11) is 0. The van der Waals surface area contributed by atoms with Crippen LogP contribution in [-0.2, 0) is 0 Å². The Morgan fingerprint density at radius 2 is 2.16 bits per heavy atom. The first-order valence-corrected chi connectivity index (χ1v) is 6.43. The van der Waals surface area contributed by atoms with E-state index in [0.717, 1.165) is 16.9 Å². The normalized spacial score (nSPS) is 18.7. The largest absolute Gasteiger partial charge is 0.493 e. The Kier molecular flexibility index (Phi) is 3.05. The number of pyridine rings is 1. The summed E-state index contributed by atoms with van der Waals surface area (Å²) in [6, 6.07) is 9.39. The van der Waals surface area contributed by atoms with Crippen molar-refractivity contribution in [2.75, 3.05) is 12.3 Å². The predicted molar refractivity (Wildman–Crippen MR) is 75.3 cm³/mol. The highest BCUT2D eigenvalue weighted by Crippen LogP contribution is 2.41. The molecule has 1 aromatic heterocycles. The van der Waals surface area contributed by atoms with E-state index in [1.165, 1.54) is 6.20 Å². The lowest BCUT2D eigenvalue weighted by Gasteiger charge is -2.20.